The van der Waals surface area contributed by atoms with Crippen molar-refractivity contribution in [1.29, 1.82) is 0 Å². The molecule has 2 N–H and O–H groups in total. The van der Waals surface area contributed by atoms with Crippen LogP contribution in [0, 0.1) is 0 Å². The molecular formula is C14H19Cl2NO3. The van der Waals surface area contributed by atoms with E-state index >= 15 is 0 Å². The molecule has 0 aliphatic carbocycles. The number of rotatable bonds is 8. The number of nitrogens with one attached hydrogen (secondary N) is 1. The Morgan fingerprint density at radius 1 is 1.20 bits per heavy atom. The lowest BCUT2D eigenvalue weighted by atomic mass is 10.1. The normalized spacial score (nSPS) is 10.4. The van der Waals surface area contributed by atoms with E-state index in [-0.39, 0.29) is 23.8 Å². The lowest BCUT2D eigenvalue weighted by molar-refractivity contribution is 0.0950. The standard InChI is InChI=1S/C14H19Cl2NO3/c1-20-13-11(16)7-6-10(15)12(13)14(19)17-8-4-2-3-5-9-18/h6-7,18H,2-5,8-9H2,1H3,(H,17,19). The Bertz CT molecular complexity index is 452. The third-order valence-electron chi connectivity index (χ3n) is 2.86. The lowest BCUT2D eigenvalue weighted by Crippen LogP contribution is -2.25. The van der Waals surface area contributed by atoms with E-state index in [2.05, 4.69) is 5.32 Å². The smallest absolute Gasteiger partial charge is 0.256 e. The third-order valence-corrected chi connectivity index (χ3v) is 3.47. The second-order valence-corrected chi connectivity index (χ2v) is 5.15. The van der Waals surface area contributed by atoms with Gasteiger partial charge in [-0.2, -0.15) is 0 Å². The molecule has 0 radical (unpaired) electrons. The van der Waals surface area contributed by atoms with Crippen molar-refractivity contribution in [3.05, 3.63) is 27.7 Å². The van der Waals surface area contributed by atoms with Gasteiger partial charge in [-0.15, -0.1) is 0 Å². The molecule has 0 aliphatic rings. The Morgan fingerprint density at radius 3 is 2.50 bits per heavy atom. The van der Waals surface area contributed by atoms with Crippen molar-refractivity contribution in [1.82, 2.24) is 5.32 Å². The molecule has 6 heteroatoms. The molecule has 0 fully saturated rings. The van der Waals surface area contributed by atoms with Gasteiger partial charge in [0, 0.05) is 13.2 Å². The summed E-state index contributed by atoms with van der Waals surface area (Å²) >= 11 is 12.0. The summed E-state index contributed by atoms with van der Waals surface area (Å²) in [6, 6.07) is 3.16. The predicted octanol–water partition coefficient (Wildman–Crippen LogP) is 3.28. The van der Waals surface area contributed by atoms with Crippen LogP contribution in [0.1, 0.15) is 36.0 Å². The zero-order valence-electron chi connectivity index (χ0n) is 11.4. The zero-order chi connectivity index (χ0) is 15.0. The minimum absolute atomic E-state index is 0.210. The average molecular weight is 320 g/mol. The summed E-state index contributed by atoms with van der Waals surface area (Å²) < 4.78 is 5.13. The molecule has 0 saturated heterocycles. The van der Waals surface area contributed by atoms with Gasteiger partial charge in [0.2, 0.25) is 0 Å². The monoisotopic (exact) mass is 319 g/mol. The fourth-order valence-electron chi connectivity index (χ4n) is 1.83. The molecule has 1 rings (SSSR count). The molecule has 0 saturated carbocycles. The highest BCUT2D eigenvalue weighted by atomic mass is 35.5. The minimum Gasteiger partial charge on any atom is -0.494 e. The first-order chi connectivity index (χ1) is 9.61. The fraction of sp³-hybridized carbons (Fsp3) is 0.500. The maximum absolute atomic E-state index is 12.1. The second kappa shape index (κ2) is 9.06. The van der Waals surface area contributed by atoms with Gasteiger partial charge in [0.25, 0.3) is 5.91 Å². The largest absolute Gasteiger partial charge is 0.494 e. The number of aliphatic hydroxyl groups excluding tert-OH is 1. The first-order valence-corrected chi connectivity index (χ1v) is 7.28. The van der Waals surface area contributed by atoms with Crippen molar-refractivity contribution in [3.63, 3.8) is 0 Å². The summed E-state index contributed by atoms with van der Waals surface area (Å²) in [4.78, 5) is 12.1. The fourth-order valence-corrected chi connectivity index (χ4v) is 2.29. The van der Waals surface area contributed by atoms with E-state index in [0.29, 0.717) is 16.6 Å². The van der Waals surface area contributed by atoms with E-state index in [9.17, 15) is 4.79 Å². The van der Waals surface area contributed by atoms with Crippen LogP contribution in [0.15, 0.2) is 12.1 Å². The summed E-state index contributed by atoms with van der Waals surface area (Å²) in [5.41, 5.74) is 0.261. The number of amides is 1. The van der Waals surface area contributed by atoms with Gasteiger partial charge in [0.1, 0.15) is 5.56 Å². The number of hydrogen-bond donors (Lipinski definition) is 2. The highest BCUT2D eigenvalue weighted by Crippen LogP contribution is 2.33. The summed E-state index contributed by atoms with van der Waals surface area (Å²) in [5.74, 6) is -0.00606. The van der Waals surface area contributed by atoms with Crippen LogP contribution in [-0.2, 0) is 0 Å². The van der Waals surface area contributed by atoms with E-state index in [4.69, 9.17) is 33.0 Å². The maximum atomic E-state index is 12.1. The molecule has 0 atom stereocenters. The van der Waals surface area contributed by atoms with Crippen LogP contribution in [0.3, 0.4) is 0 Å². The number of hydrogen-bond acceptors (Lipinski definition) is 3. The Hall–Kier alpha value is -0.970. The molecule has 1 aromatic carbocycles. The van der Waals surface area contributed by atoms with Crippen LogP contribution >= 0.6 is 23.2 Å². The minimum atomic E-state index is -0.295. The molecule has 0 unspecified atom stereocenters. The van der Waals surface area contributed by atoms with Crippen LogP contribution in [0.2, 0.25) is 10.0 Å². The van der Waals surface area contributed by atoms with Crippen molar-refractivity contribution in [2.24, 2.45) is 0 Å². The van der Waals surface area contributed by atoms with E-state index in [1.807, 2.05) is 0 Å². The Kier molecular flexibility index (Phi) is 7.73. The third kappa shape index (κ3) is 4.85. The number of unbranched alkanes of at least 4 members (excludes halogenated alkanes) is 3. The quantitative estimate of drug-likeness (QED) is 0.723. The summed E-state index contributed by atoms with van der Waals surface area (Å²) in [7, 11) is 1.45. The first kappa shape index (κ1) is 17.1. The predicted molar refractivity (Wildman–Crippen MR) is 80.9 cm³/mol. The first-order valence-electron chi connectivity index (χ1n) is 6.52. The van der Waals surface area contributed by atoms with Crippen LogP contribution in [0.5, 0.6) is 5.75 Å². The van der Waals surface area contributed by atoms with Gasteiger partial charge in [0.15, 0.2) is 5.75 Å². The Morgan fingerprint density at radius 2 is 1.85 bits per heavy atom. The van der Waals surface area contributed by atoms with Crippen LogP contribution in [0.25, 0.3) is 0 Å². The Balaban J connectivity index is 2.57. The molecule has 4 nitrogen and oxygen atoms in total. The summed E-state index contributed by atoms with van der Waals surface area (Å²) in [5, 5.41) is 12.1. The number of methoxy groups -OCH3 is 1. The topological polar surface area (TPSA) is 58.6 Å². The van der Waals surface area contributed by atoms with Gasteiger partial charge in [-0.1, -0.05) is 36.0 Å². The number of carbonyl (C=O) groups excluding carboxylic acids is 1. The highest BCUT2D eigenvalue weighted by molar-refractivity contribution is 6.37. The van der Waals surface area contributed by atoms with Gasteiger partial charge >= 0.3 is 0 Å². The molecule has 1 aromatic rings. The van der Waals surface area contributed by atoms with Crippen LogP contribution in [0.4, 0.5) is 0 Å². The van der Waals surface area contributed by atoms with Gasteiger partial charge in [-0.05, 0) is 25.0 Å². The van der Waals surface area contributed by atoms with Crippen molar-refractivity contribution in [2.45, 2.75) is 25.7 Å². The molecule has 20 heavy (non-hydrogen) atoms. The SMILES string of the molecule is COc1c(Cl)ccc(Cl)c1C(=O)NCCCCCCO. The van der Waals surface area contributed by atoms with Crippen LogP contribution < -0.4 is 10.1 Å². The molecule has 0 aliphatic heterocycles. The molecule has 1 amide bonds. The zero-order valence-corrected chi connectivity index (χ0v) is 12.9. The number of benzene rings is 1. The maximum Gasteiger partial charge on any atom is 0.256 e. The summed E-state index contributed by atoms with van der Waals surface area (Å²) in [6.45, 7) is 0.762. The van der Waals surface area contributed by atoms with Crippen molar-refractivity contribution >= 4 is 29.1 Å². The Labute approximate surface area is 129 Å². The number of halogens is 2. The average Bonchev–Trinajstić information content (AvgIpc) is 2.44. The van der Waals surface area contributed by atoms with Crippen LogP contribution in [-0.4, -0.2) is 31.3 Å². The second-order valence-electron chi connectivity index (χ2n) is 4.33. The molecule has 112 valence electrons. The van der Waals surface area contributed by atoms with Gasteiger partial charge in [-0.25, -0.2) is 0 Å². The van der Waals surface area contributed by atoms with Crippen molar-refractivity contribution < 1.29 is 14.6 Å². The van der Waals surface area contributed by atoms with Crippen molar-refractivity contribution in [2.75, 3.05) is 20.3 Å². The van der Waals surface area contributed by atoms with E-state index in [1.54, 1.807) is 12.1 Å². The lowest BCUT2D eigenvalue weighted by Gasteiger charge is -2.12. The number of ether oxygens (including phenoxy) is 1. The van der Waals surface area contributed by atoms with E-state index in [0.717, 1.165) is 25.7 Å². The molecule has 0 spiro atoms. The van der Waals surface area contributed by atoms with E-state index in [1.165, 1.54) is 7.11 Å². The van der Waals surface area contributed by atoms with Gasteiger partial charge < -0.3 is 15.2 Å². The molecule has 0 heterocycles. The summed E-state index contributed by atoms with van der Waals surface area (Å²) in [6.07, 6.45) is 3.56. The molecular weight excluding hydrogens is 301 g/mol. The number of aliphatic hydroxyl groups is 1. The van der Waals surface area contributed by atoms with Gasteiger partial charge in [-0.3, -0.25) is 4.79 Å². The molecule has 0 aromatic heterocycles. The number of carbonyl (C=O) groups is 1. The van der Waals surface area contributed by atoms with E-state index < -0.39 is 0 Å². The van der Waals surface area contributed by atoms with Gasteiger partial charge in [0.05, 0.1) is 17.2 Å². The van der Waals surface area contributed by atoms with Crippen molar-refractivity contribution in [3.8, 4) is 5.75 Å². The molecule has 0 bridgehead atoms. The highest BCUT2D eigenvalue weighted by Gasteiger charge is 2.18.